The molecule has 1 fully saturated rings. The van der Waals surface area contributed by atoms with Gasteiger partial charge in [0.15, 0.2) is 0 Å². The van der Waals surface area contributed by atoms with Gasteiger partial charge in [0.25, 0.3) is 0 Å². The Balaban J connectivity index is 2.53. The van der Waals surface area contributed by atoms with E-state index in [1.807, 2.05) is 13.8 Å². The third-order valence-electron chi connectivity index (χ3n) is 4.24. The van der Waals surface area contributed by atoms with Crippen LogP contribution in [-0.4, -0.2) is 60.9 Å². The number of hydrogen-bond acceptors (Lipinski definition) is 4. The molecule has 0 aliphatic carbocycles. The van der Waals surface area contributed by atoms with Crippen LogP contribution in [0.1, 0.15) is 52.4 Å². The summed E-state index contributed by atoms with van der Waals surface area (Å²) >= 11 is 0. The zero-order valence-corrected chi connectivity index (χ0v) is 13.8. The predicted molar refractivity (Wildman–Crippen MR) is 84.2 cm³/mol. The molecule has 124 valence electrons. The van der Waals surface area contributed by atoms with Crippen LogP contribution < -0.4 is 5.32 Å². The lowest BCUT2D eigenvalue weighted by Gasteiger charge is -2.35. The molecule has 3 unspecified atom stereocenters. The summed E-state index contributed by atoms with van der Waals surface area (Å²) in [4.78, 5) is 14.6. The van der Waals surface area contributed by atoms with Crippen molar-refractivity contribution in [3.05, 3.63) is 0 Å². The van der Waals surface area contributed by atoms with E-state index < -0.39 is 0 Å². The van der Waals surface area contributed by atoms with Gasteiger partial charge in [-0.05, 0) is 46.1 Å². The first kappa shape index (κ1) is 18.4. The van der Waals surface area contributed by atoms with E-state index >= 15 is 0 Å². The summed E-state index contributed by atoms with van der Waals surface area (Å²) in [5, 5.41) is 12.7. The van der Waals surface area contributed by atoms with Crippen LogP contribution in [0.4, 0.5) is 0 Å². The molecule has 0 aromatic carbocycles. The molecular formula is C16H32N2O3. The first-order valence-electron chi connectivity index (χ1n) is 8.26. The Morgan fingerprint density at radius 2 is 2.14 bits per heavy atom. The van der Waals surface area contributed by atoms with Crippen LogP contribution in [0.5, 0.6) is 0 Å². The van der Waals surface area contributed by atoms with E-state index in [4.69, 9.17) is 4.74 Å². The van der Waals surface area contributed by atoms with Gasteiger partial charge in [-0.25, -0.2) is 0 Å². The normalized spacial score (nSPS) is 23.3. The van der Waals surface area contributed by atoms with Gasteiger partial charge < -0.3 is 15.2 Å². The molecular weight excluding hydrogens is 268 g/mol. The molecule has 1 heterocycles. The number of ether oxygens (including phenoxy) is 1. The van der Waals surface area contributed by atoms with Gasteiger partial charge in [0.2, 0.25) is 5.91 Å². The van der Waals surface area contributed by atoms with Crippen molar-refractivity contribution >= 4 is 5.91 Å². The van der Waals surface area contributed by atoms with Crippen LogP contribution in [0.15, 0.2) is 0 Å². The van der Waals surface area contributed by atoms with Crippen molar-refractivity contribution < 1.29 is 14.6 Å². The Hall–Kier alpha value is -0.650. The maximum Gasteiger partial charge on any atom is 0.237 e. The van der Waals surface area contributed by atoms with Crippen LogP contribution in [0.2, 0.25) is 0 Å². The molecule has 0 radical (unpaired) electrons. The number of hydrogen-bond donors (Lipinski definition) is 2. The molecule has 5 nitrogen and oxygen atoms in total. The van der Waals surface area contributed by atoms with Crippen LogP contribution in [-0.2, 0) is 9.53 Å². The number of aliphatic hydroxyl groups is 1. The fourth-order valence-electron chi connectivity index (χ4n) is 3.08. The van der Waals surface area contributed by atoms with Gasteiger partial charge in [0.05, 0.1) is 12.1 Å². The number of carbonyl (C=O) groups excluding carboxylic acids is 1. The topological polar surface area (TPSA) is 61.8 Å². The molecule has 5 heteroatoms. The number of carbonyl (C=O) groups is 1. The average Bonchev–Trinajstić information content (AvgIpc) is 2.67. The van der Waals surface area contributed by atoms with E-state index in [-0.39, 0.29) is 18.1 Å². The van der Waals surface area contributed by atoms with E-state index in [0.717, 1.165) is 32.2 Å². The van der Waals surface area contributed by atoms with Crippen molar-refractivity contribution in [1.82, 2.24) is 10.2 Å². The maximum atomic E-state index is 12.3. The number of amides is 1. The number of likely N-dealkylation sites (tertiary alicyclic amines) is 1. The summed E-state index contributed by atoms with van der Waals surface area (Å²) in [6.45, 7) is 6.09. The zero-order chi connectivity index (χ0) is 15.7. The van der Waals surface area contributed by atoms with Crippen LogP contribution >= 0.6 is 0 Å². The summed E-state index contributed by atoms with van der Waals surface area (Å²) in [5.74, 6) is 0.0867. The van der Waals surface area contributed by atoms with Crippen LogP contribution in [0, 0.1) is 0 Å². The van der Waals surface area contributed by atoms with Gasteiger partial charge in [0.1, 0.15) is 0 Å². The fourth-order valence-corrected chi connectivity index (χ4v) is 3.08. The van der Waals surface area contributed by atoms with E-state index in [1.165, 1.54) is 12.8 Å². The minimum Gasteiger partial charge on any atom is -0.393 e. The summed E-state index contributed by atoms with van der Waals surface area (Å²) < 4.78 is 4.99. The summed E-state index contributed by atoms with van der Waals surface area (Å²) in [6, 6.07) is 0.182. The summed E-state index contributed by atoms with van der Waals surface area (Å²) in [7, 11) is 1.67. The Labute approximate surface area is 129 Å². The smallest absolute Gasteiger partial charge is 0.237 e. The van der Waals surface area contributed by atoms with Crippen molar-refractivity contribution in [2.45, 2.75) is 70.6 Å². The standard InChI is InChI=1S/C16H32N2O3/c1-13(19)12-15-8-5-4-6-10-18(15)14(2)16(20)17-9-7-11-21-3/h13-15,19H,4-12H2,1-3H3,(H,17,20). The Morgan fingerprint density at radius 1 is 1.38 bits per heavy atom. The Kier molecular flexibility index (Phi) is 8.88. The second-order valence-electron chi connectivity index (χ2n) is 6.14. The molecule has 0 saturated carbocycles. The second-order valence-corrected chi connectivity index (χ2v) is 6.14. The summed E-state index contributed by atoms with van der Waals surface area (Å²) in [5.41, 5.74) is 0. The van der Waals surface area contributed by atoms with Gasteiger partial charge in [-0.15, -0.1) is 0 Å². The van der Waals surface area contributed by atoms with E-state index in [0.29, 0.717) is 19.2 Å². The van der Waals surface area contributed by atoms with Crippen molar-refractivity contribution in [2.75, 3.05) is 26.8 Å². The van der Waals surface area contributed by atoms with Gasteiger partial charge in [-0.3, -0.25) is 9.69 Å². The monoisotopic (exact) mass is 300 g/mol. The third kappa shape index (κ3) is 6.76. The van der Waals surface area contributed by atoms with Crippen molar-refractivity contribution in [3.63, 3.8) is 0 Å². The van der Waals surface area contributed by atoms with Gasteiger partial charge >= 0.3 is 0 Å². The average molecular weight is 300 g/mol. The first-order valence-corrected chi connectivity index (χ1v) is 8.26. The van der Waals surface area contributed by atoms with Crippen LogP contribution in [0.3, 0.4) is 0 Å². The molecule has 1 saturated heterocycles. The first-order chi connectivity index (χ1) is 10.1. The zero-order valence-electron chi connectivity index (χ0n) is 13.8. The molecule has 0 spiro atoms. The molecule has 3 atom stereocenters. The van der Waals surface area contributed by atoms with Gasteiger partial charge in [-0.2, -0.15) is 0 Å². The number of nitrogens with zero attached hydrogens (tertiary/aromatic N) is 1. The minimum atomic E-state index is -0.312. The lowest BCUT2D eigenvalue weighted by atomic mass is 10.0. The minimum absolute atomic E-state index is 0.0867. The number of methoxy groups -OCH3 is 1. The van der Waals surface area contributed by atoms with Crippen molar-refractivity contribution in [2.24, 2.45) is 0 Å². The molecule has 1 rings (SSSR count). The number of nitrogens with one attached hydrogen (secondary N) is 1. The molecule has 1 aliphatic rings. The van der Waals surface area contributed by atoms with Crippen LogP contribution in [0.25, 0.3) is 0 Å². The molecule has 1 amide bonds. The number of aliphatic hydroxyl groups excluding tert-OH is 1. The fraction of sp³-hybridized carbons (Fsp3) is 0.938. The van der Waals surface area contributed by atoms with Gasteiger partial charge in [0, 0.05) is 26.3 Å². The molecule has 2 N–H and O–H groups in total. The van der Waals surface area contributed by atoms with E-state index in [2.05, 4.69) is 10.2 Å². The lowest BCUT2D eigenvalue weighted by molar-refractivity contribution is -0.127. The highest BCUT2D eigenvalue weighted by molar-refractivity contribution is 5.81. The molecule has 1 aliphatic heterocycles. The second kappa shape index (κ2) is 10.1. The SMILES string of the molecule is COCCCNC(=O)C(C)N1CCCCCC1CC(C)O. The predicted octanol–water partition coefficient (Wildman–Crippen LogP) is 1.54. The Bertz CT molecular complexity index is 297. The van der Waals surface area contributed by atoms with E-state index in [9.17, 15) is 9.90 Å². The highest BCUT2D eigenvalue weighted by Gasteiger charge is 2.29. The molecule has 0 aromatic heterocycles. The van der Waals surface area contributed by atoms with Crippen molar-refractivity contribution in [1.29, 1.82) is 0 Å². The largest absolute Gasteiger partial charge is 0.393 e. The molecule has 0 bridgehead atoms. The highest BCUT2D eigenvalue weighted by atomic mass is 16.5. The number of rotatable bonds is 8. The maximum absolute atomic E-state index is 12.3. The van der Waals surface area contributed by atoms with Gasteiger partial charge in [-0.1, -0.05) is 12.8 Å². The lowest BCUT2D eigenvalue weighted by Crippen LogP contribution is -2.50. The Morgan fingerprint density at radius 3 is 2.81 bits per heavy atom. The third-order valence-corrected chi connectivity index (χ3v) is 4.24. The highest BCUT2D eigenvalue weighted by Crippen LogP contribution is 2.22. The molecule has 0 aromatic rings. The summed E-state index contributed by atoms with van der Waals surface area (Å²) in [6.07, 6.45) is 5.90. The quantitative estimate of drug-likeness (QED) is 0.668. The van der Waals surface area contributed by atoms with E-state index in [1.54, 1.807) is 7.11 Å². The van der Waals surface area contributed by atoms with Crippen molar-refractivity contribution in [3.8, 4) is 0 Å². The molecule has 21 heavy (non-hydrogen) atoms.